The van der Waals surface area contributed by atoms with Crippen molar-refractivity contribution in [1.82, 2.24) is 4.31 Å². The van der Waals surface area contributed by atoms with E-state index < -0.39 is 28.0 Å². The fourth-order valence-corrected chi connectivity index (χ4v) is 7.34. The number of aryl methyl sites for hydroxylation is 2. The minimum atomic E-state index is -3.88. The summed E-state index contributed by atoms with van der Waals surface area (Å²) >= 11 is 1.60. The van der Waals surface area contributed by atoms with E-state index in [1.807, 2.05) is 68.4 Å². The van der Waals surface area contributed by atoms with Gasteiger partial charge in [-0.3, -0.25) is 4.79 Å². The van der Waals surface area contributed by atoms with Crippen LogP contribution in [0.15, 0.2) is 83.8 Å². The zero-order chi connectivity index (χ0) is 24.3. The smallest absolute Gasteiger partial charge is 0.308 e. The molecule has 0 spiro atoms. The number of hydrogen-bond acceptors (Lipinski definition) is 4. The first kappa shape index (κ1) is 24.5. The molecule has 0 amide bonds. The lowest BCUT2D eigenvalue weighted by molar-refractivity contribution is -0.143. The van der Waals surface area contributed by atoms with E-state index in [1.54, 1.807) is 36.0 Å². The van der Waals surface area contributed by atoms with Crippen LogP contribution in [-0.2, 0) is 20.6 Å². The third kappa shape index (κ3) is 5.37. The minimum absolute atomic E-state index is 0.0590. The van der Waals surface area contributed by atoms with E-state index in [9.17, 15) is 18.3 Å². The quantitative estimate of drug-likeness (QED) is 0.472. The molecule has 3 aromatic carbocycles. The van der Waals surface area contributed by atoms with Crippen LogP contribution in [0.4, 0.5) is 0 Å². The van der Waals surface area contributed by atoms with E-state index in [1.165, 1.54) is 4.31 Å². The van der Waals surface area contributed by atoms with E-state index in [2.05, 4.69) is 0 Å². The SMILES string of the molecule is Cc1ccc([C@@H]2C[C@@H](SCc3ccccc3)[C@H](C(=O)O)CN2S(=O)(=O)c2ccc(C)cc2)cc1. The molecule has 4 rings (SSSR count). The van der Waals surface area contributed by atoms with Crippen molar-refractivity contribution in [3.63, 3.8) is 0 Å². The summed E-state index contributed by atoms with van der Waals surface area (Å²) in [6.45, 7) is 3.84. The second kappa shape index (κ2) is 10.3. The summed E-state index contributed by atoms with van der Waals surface area (Å²) in [7, 11) is -3.88. The van der Waals surface area contributed by atoms with Gasteiger partial charge in [-0.25, -0.2) is 8.42 Å². The van der Waals surface area contributed by atoms with Gasteiger partial charge in [-0.1, -0.05) is 77.9 Å². The van der Waals surface area contributed by atoms with Gasteiger partial charge in [0.15, 0.2) is 0 Å². The summed E-state index contributed by atoms with van der Waals surface area (Å²) < 4.78 is 28.9. The van der Waals surface area contributed by atoms with Gasteiger partial charge in [0, 0.05) is 17.5 Å². The number of carbonyl (C=O) groups is 1. The Kier molecular flexibility index (Phi) is 7.45. The average Bonchev–Trinajstić information content (AvgIpc) is 2.83. The zero-order valence-electron chi connectivity index (χ0n) is 19.3. The molecule has 7 heteroatoms. The Morgan fingerprint density at radius 3 is 2.12 bits per heavy atom. The Balaban J connectivity index is 1.70. The van der Waals surface area contributed by atoms with Crippen LogP contribution in [0, 0.1) is 19.8 Å². The molecule has 5 nitrogen and oxygen atoms in total. The highest BCUT2D eigenvalue weighted by molar-refractivity contribution is 7.99. The number of piperidine rings is 1. The highest BCUT2D eigenvalue weighted by Crippen LogP contribution is 2.43. The molecule has 0 aliphatic carbocycles. The Hall–Kier alpha value is -2.61. The van der Waals surface area contributed by atoms with Crippen LogP contribution in [0.2, 0.25) is 0 Å². The second-order valence-corrected chi connectivity index (χ2v) is 11.9. The predicted octanol–water partition coefficient (Wildman–Crippen LogP) is 5.44. The summed E-state index contributed by atoms with van der Waals surface area (Å²) in [5, 5.41) is 9.84. The number of benzene rings is 3. The number of thioether (sulfide) groups is 1. The average molecular weight is 496 g/mol. The van der Waals surface area contributed by atoms with Crippen molar-refractivity contribution in [2.24, 2.45) is 5.92 Å². The number of carboxylic acid groups (broad SMARTS) is 1. The molecule has 1 aliphatic heterocycles. The Bertz CT molecular complexity index is 1230. The van der Waals surface area contributed by atoms with Crippen molar-refractivity contribution in [1.29, 1.82) is 0 Å². The van der Waals surface area contributed by atoms with Crippen LogP contribution in [0.3, 0.4) is 0 Å². The normalized spacial score (nSPS) is 21.3. The van der Waals surface area contributed by atoms with E-state index in [0.29, 0.717) is 12.2 Å². The predicted molar refractivity (Wildman–Crippen MR) is 136 cm³/mol. The summed E-state index contributed by atoms with van der Waals surface area (Å²) in [5.74, 6) is -1.08. The molecular weight excluding hydrogens is 466 g/mol. The molecule has 0 unspecified atom stereocenters. The van der Waals surface area contributed by atoms with E-state index in [4.69, 9.17) is 0 Å². The lowest BCUT2D eigenvalue weighted by Gasteiger charge is -2.41. The minimum Gasteiger partial charge on any atom is -0.481 e. The molecule has 0 radical (unpaired) electrons. The van der Waals surface area contributed by atoms with Crippen LogP contribution in [0.25, 0.3) is 0 Å². The first-order valence-corrected chi connectivity index (χ1v) is 13.8. The van der Waals surface area contributed by atoms with E-state index in [0.717, 1.165) is 22.3 Å². The summed E-state index contributed by atoms with van der Waals surface area (Å²) in [5.41, 5.74) is 4.06. The third-order valence-electron chi connectivity index (χ3n) is 6.34. The monoisotopic (exact) mass is 495 g/mol. The maximum absolute atomic E-state index is 13.7. The van der Waals surface area contributed by atoms with Crippen LogP contribution in [0.5, 0.6) is 0 Å². The number of sulfonamides is 1. The van der Waals surface area contributed by atoms with Crippen LogP contribution in [-0.4, -0.2) is 35.6 Å². The first-order chi connectivity index (χ1) is 16.3. The van der Waals surface area contributed by atoms with Crippen LogP contribution < -0.4 is 0 Å². The van der Waals surface area contributed by atoms with Gasteiger partial charge in [-0.15, -0.1) is 0 Å². The fourth-order valence-electron chi connectivity index (χ4n) is 4.34. The van der Waals surface area contributed by atoms with Gasteiger partial charge in [0.1, 0.15) is 0 Å². The third-order valence-corrected chi connectivity index (χ3v) is 9.68. The van der Waals surface area contributed by atoms with E-state index >= 15 is 0 Å². The van der Waals surface area contributed by atoms with Crippen LogP contribution in [0.1, 0.15) is 34.7 Å². The van der Waals surface area contributed by atoms with Crippen molar-refractivity contribution in [3.8, 4) is 0 Å². The Morgan fingerprint density at radius 1 is 0.941 bits per heavy atom. The molecule has 1 fully saturated rings. The molecular formula is C27H29NO4S2. The van der Waals surface area contributed by atoms with Gasteiger partial charge in [0.2, 0.25) is 10.0 Å². The molecule has 3 aromatic rings. The molecule has 178 valence electrons. The van der Waals surface area contributed by atoms with Crippen molar-refractivity contribution in [3.05, 3.63) is 101 Å². The van der Waals surface area contributed by atoms with Crippen molar-refractivity contribution in [2.75, 3.05) is 6.54 Å². The highest BCUT2D eigenvalue weighted by atomic mass is 32.2. The largest absolute Gasteiger partial charge is 0.481 e. The summed E-state index contributed by atoms with van der Waals surface area (Å²) in [4.78, 5) is 12.5. The lowest BCUT2D eigenvalue weighted by Crippen LogP contribution is -2.49. The summed E-state index contributed by atoms with van der Waals surface area (Å²) in [6, 6.07) is 24.1. The topological polar surface area (TPSA) is 74.7 Å². The second-order valence-electron chi connectivity index (χ2n) is 8.83. The molecule has 3 atom stereocenters. The molecule has 0 aromatic heterocycles. The number of rotatable bonds is 7. The van der Waals surface area contributed by atoms with Gasteiger partial charge in [-0.2, -0.15) is 16.1 Å². The van der Waals surface area contributed by atoms with Gasteiger partial charge in [-0.05, 0) is 43.5 Å². The number of carboxylic acids is 1. The molecule has 1 N–H and O–H groups in total. The van der Waals surface area contributed by atoms with Gasteiger partial charge >= 0.3 is 5.97 Å². The molecule has 1 saturated heterocycles. The molecule has 34 heavy (non-hydrogen) atoms. The molecule has 0 bridgehead atoms. The summed E-state index contributed by atoms with van der Waals surface area (Å²) in [6.07, 6.45) is 0.433. The lowest BCUT2D eigenvalue weighted by atomic mass is 9.90. The Morgan fingerprint density at radius 2 is 1.53 bits per heavy atom. The number of nitrogens with zero attached hydrogens (tertiary/aromatic N) is 1. The van der Waals surface area contributed by atoms with Crippen molar-refractivity contribution < 1.29 is 18.3 Å². The molecule has 1 heterocycles. The van der Waals surface area contributed by atoms with Crippen molar-refractivity contribution in [2.45, 2.75) is 42.2 Å². The number of aliphatic carboxylic acids is 1. The zero-order valence-corrected chi connectivity index (χ0v) is 20.9. The standard InChI is InChI=1S/C27H29NO4S2/c1-19-8-12-22(13-9-19)25-16-26(33-18-21-6-4-3-5-7-21)24(27(29)30)17-28(25)34(31,32)23-14-10-20(2)11-15-23/h3-15,24-26H,16-18H2,1-2H3,(H,29,30)/t24-,25+,26-/m1/s1. The maximum Gasteiger partial charge on any atom is 0.308 e. The van der Waals surface area contributed by atoms with Crippen LogP contribution >= 0.6 is 11.8 Å². The van der Waals surface area contributed by atoms with Gasteiger partial charge < -0.3 is 5.11 Å². The molecule has 0 saturated carbocycles. The van der Waals surface area contributed by atoms with E-state index in [-0.39, 0.29) is 16.7 Å². The molecule has 1 aliphatic rings. The van der Waals surface area contributed by atoms with Crippen molar-refractivity contribution >= 4 is 27.8 Å². The van der Waals surface area contributed by atoms with Gasteiger partial charge in [0.05, 0.1) is 16.9 Å². The number of hydrogen-bond donors (Lipinski definition) is 1. The first-order valence-electron chi connectivity index (χ1n) is 11.3. The van der Waals surface area contributed by atoms with Gasteiger partial charge in [0.25, 0.3) is 0 Å². The maximum atomic E-state index is 13.7. The highest BCUT2D eigenvalue weighted by Gasteiger charge is 2.45. The Labute approximate surface area is 205 Å². The fraction of sp³-hybridized carbons (Fsp3) is 0.296.